The van der Waals surface area contributed by atoms with Crippen LogP contribution in [0.5, 0.6) is 0 Å². The molecule has 0 fully saturated rings. The van der Waals surface area contributed by atoms with Crippen LogP contribution in [-0.4, -0.2) is 21.7 Å². The molecule has 6 nitrogen and oxygen atoms in total. The molecule has 1 rings (SSSR count). The fourth-order valence-corrected chi connectivity index (χ4v) is 0.889. The standard InChI is InChI=1S/C7H10N4O2/c1-5(2-3-8)6-4-7(10-9-6)11(12)13/h4H,1-3,8H2,(H,9,10). The van der Waals surface area contributed by atoms with E-state index in [-0.39, 0.29) is 5.82 Å². The number of aromatic nitrogens is 2. The third-order valence-corrected chi connectivity index (χ3v) is 1.57. The highest BCUT2D eigenvalue weighted by Gasteiger charge is 2.11. The Morgan fingerprint density at radius 1 is 1.85 bits per heavy atom. The van der Waals surface area contributed by atoms with Crippen molar-refractivity contribution in [1.29, 1.82) is 0 Å². The van der Waals surface area contributed by atoms with Gasteiger partial charge in [-0.2, -0.15) is 0 Å². The zero-order valence-corrected chi connectivity index (χ0v) is 6.99. The molecule has 0 saturated heterocycles. The fraction of sp³-hybridized carbons (Fsp3) is 0.286. The van der Waals surface area contributed by atoms with Gasteiger partial charge in [-0.3, -0.25) is 0 Å². The Labute approximate surface area is 74.6 Å². The van der Waals surface area contributed by atoms with Crippen molar-refractivity contribution in [2.75, 3.05) is 6.54 Å². The van der Waals surface area contributed by atoms with Gasteiger partial charge in [0, 0.05) is 0 Å². The van der Waals surface area contributed by atoms with E-state index in [0.29, 0.717) is 24.2 Å². The van der Waals surface area contributed by atoms with Crippen molar-refractivity contribution in [2.24, 2.45) is 5.73 Å². The van der Waals surface area contributed by atoms with E-state index in [0.717, 1.165) is 0 Å². The number of aromatic amines is 1. The third kappa shape index (κ3) is 2.12. The molecule has 0 aliphatic carbocycles. The molecule has 1 aromatic rings. The summed E-state index contributed by atoms with van der Waals surface area (Å²) in [4.78, 5) is 9.74. The first-order chi connectivity index (χ1) is 6.15. The van der Waals surface area contributed by atoms with Crippen molar-refractivity contribution in [3.63, 3.8) is 0 Å². The lowest BCUT2D eigenvalue weighted by Gasteiger charge is -1.94. The highest BCUT2D eigenvalue weighted by molar-refractivity contribution is 5.61. The van der Waals surface area contributed by atoms with Gasteiger partial charge < -0.3 is 15.8 Å². The Hall–Kier alpha value is -1.69. The summed E-state index contributed by atoms with van der Waals surface area (Å²) in [6.07, 6.45) is 0.585. The predicted molar refractivity (Wildman–Crippen MR) is 47.9 cm³/mol. The summed E-state index contributed by atoms with van der Waals surface area (Å²) in [6.45, 7) is 4.16. The maximum Gasteiger partial charge on any atom is 0.343 e. The molecule has 70 valence electrons. The average Bonchev–Trinajstić information content (AvgIpc) is 2.52. The molecule has 0 unspecified atom stereocenters. The SMILES string of the molecule is C=C(CCN)c1cc([N+](=O)[O-])[nH]n1. The number of hydrogen-bond acceptors (Lipinski definition) is 4. The lowest BCUT2D eigenvalue weighted by molar-refractivity contribution is -0.389. The van der Waals surface area contributed by atoms with Gasteiger partial charge in [0.25, 0.3) is 0 Å². The summed E-state index contributed by atoms with van der Waals surface area (Å²) < 4.78 is 0. The van der Waals surface area contributed by atoms with Crippen LogP contribution in [0.3, 0.4) is 0 Å². The molecule has 0 amide bonds. The maximum absolute atomic E-state index is 10.3. The first kappa shape index (κ1) is 9.40. The van der Waals surface area contributed by atoms with Crippen LogP contribution in [0.15, 0.2) is 12.6 Å². The number of hydrogen-bond donors (Lipinski definition) is 2. The first-order valence-electron chi connectivity index (χ1n) is 3.73. The third-order valence-electron chi connectivity index (χ3n) is 1.57. The van der Waals surface area contributed by atoms with Crippen molar-refractivity contribution >= 4 is 11.4 Å². The molecule has 1 heterocycles. The van der Waals surface area contributed by atoms with E-state index >= 15 is 0 Å². The molecule has 0 aliphatic heterocycles. The minimum absolute atomic E-state index is 0.131. The number of nitrogens with zero attached hydrogens (tertiary/aromatic N) is 2. The van der Waals surface area contributed by atoms with Crippen molar-refractivity contribution in [3.8, 4) is 0 Å². The van der Waals surface area contributed by atoms with Crippen LogP contribution < -0.4 is 5.73 Å². The topological polar surface area (TPSA) is 97.8 Å². The molecule has 0 bridgehead atoms. The number of nitro groups is 1. The molecular weight excluding hydrogens is 172 g/mol. The lowest BCUT2D eigenvalue weighted by Crippen LogP contribution is -1.99. The Morgan fingerprint density at radius 2 is 2.54 bits per heavy atom. The van der Waals surface area contributed by atoms with Gasteiger partial charge in [-0.15, -0.1) is 5.10 Å². The van der Waals surface area contributed by atoms with Gasteiger partial charge in [0.15, 0.2) is 0 Å². The Balaban J connectivity index is 2.79. The number of rotatable bonds is 4. The van der Waals surface area contributed by atoms with Crippen molar-refractivity contribution in [3.05, 3.63) is 28.5 Å². The normalized spacial score (nSPS) is 9.92. The van der Waals surface area contributed by atoms with Crippen LogP contribution in [0.2, 0.25) is 0 Å². The molecule has 0 radical (unpaired) electrons. The fourth-order valence-electron chi connectivity index (χ4n) is 0.889. The van der Waals surface area contributed by atoms with Crippen LogP contribution >= 0.6 is 0 Å². The molecular formula is C7H10N4O2. The second-order valence-electron chi connectivity index (χ2n) is 2.54. The van der Waals surface area contributed by atoms with Crippen LogP contribution in [0.4, 0.5) is 5.82 Å². The van der Waals surface area contributed by atoms with Gasteiger partial charge >= 0.3 is 5.82 Å². The molecule has 0 saturated carbocycles. The Bertz CT molecular complexity index is 331. The maximum atomic E-state index is 10.3. The summed E-state index contributed by atoms with van der Waals surface area (Å²) in [7, 11) is 0. The minimum Gasteiger partial charge on any atom is -0.358 e. The lowest BCUT2D eigenvalue weighted by atomic mass is 10.1. The van der Waals surface area contributed by atoms with Crippen molar-refractivity contribution in [2.45, 2.75) is 6.42 Å². The van der Waals surface area contributed by atoms with Crippen LogP contribution in [0.1, 0.15) is 12.1 Å². The number of nitrogens with one attached hydrogen (secondary N) is 1. The molecule has 13 heavy (non-hydrogen) atoms. The number of H-pyrrole nitrogens is 1. The van der Waals surface area contributed by atoms with Gasteiger partial charge in [0.2, 0.25) is 0 Å². The highest BCUT2D eigenvalue weighted by atomic mass is 16.6. The van der Waals surface area contributed by atoms with Crippen LogP contribution in [0, 0.1) is 10.1 Å². The monoisotopic (exact) mass is 182 g/mol. The average molecular weight is 182 g/mol. The minimum atomic E-state index is -0.535. The summed E-state index contributed by atoms with van der Waals surface area (Å²) in [6, 6.07) is 1.35. The zero-order chi connectivity index (χ0) is 9.84. The van der Waals surface area contributed by atoms with E-state index in [1.54, 1.807) is 0 Å². The smallest absolute Gasteiger partial charge is 0.343 e. The van der Waals surface area contributed by atoms with Gasteiger partial charge in [-0.05, 0) is 23.5 Å². The highest BCUT2D eigenvalue weighted by Crippen LogP contribution is 2.16. The van der Waals surface area contributed by atoms with E-state index in [1.165, 1.54) is 6.07 Å². The zero-order valence-electron chi connectivity index (χ0n) is 6.99. The molecule has 1 aromatic heterocycles. The predicted octanol–water partition coefficient (Wildman–Crippen LogP) is 0.680. The largest absolute Gasteiger partial charge is 0.358 e. The van der Waals surface area contributed by atoms with E-state index in [2.05, 4.69) is 16.8 Å². The van der Waals surface area contributed by atoms with Gasteiger partial charge in [-0.25, -0.2) is 0 Å². The number of nitrogens with two attached hydrogens (primary N) is 1. The Kier molecular flexibility index (Phi) is 2.76. The molecule has 0 spiro atoms. The molecule has 6 heteroatoms. The summed E-state index contributed by atoms with van der Waals surface area (Å²) in [5.74, 6) is -0.131. The second-order valence-corrected chi connectivity index (χ2v) is 2.54. The molecule has 0 aliphatic rings. The quantitative estimate of drug-likeness (QED) is 0.528. The summed E-state index contributed by atoms with van der Waals surface area (Å²) in [5, 5.41) is 16.3. The van der Waals surface area contributed by atoms with Crippen LogP contribution in [0.25, 0.3) is 5.57 Å². The molecule has 0 aromatic carbocycles. The summed E-state index contributed by atoms with van der Waals surface area (Å²) >= 11 is 0. The molecule has 0 atom stereocenters. The van der Waals surface area contributed by atoms with E-state index < -0.39 is 4.92 Å². The van der Waals surface area contributed by atoms with Crippen molar-refractivity contribution < 1.29 is 4.92 Å². The van der Waals surface area contributed by atoms with Gasteiger partial charge in [0.1, 0.15) is 5.69 Å². The van der Waals surface area contributed by atoms with E-state index in [4.69, 9.17) is 5.73 Å². The van der Waals surface area contributed by atoms with Crippen molar-refractivity contribution in [1.82, 2.24) is 10.2 Å². The summed E-state index contributed by atoms with van der Waals surface area (Å²) in [5.41, 5.74) is 6.50. The van der Waals surface area contributed by atoms with E-state index in [9.17, 15) is 10.1 Å². The molecule has 3 N–H and O–H groups in total. The van der Waals surface area contributed by atoms with E-state index in [1.807, 2.05) is 0 Å². The van der Waals surface area contributed by atoms with Gasteiger partial charge in [0.05, 0.1) is 6.07 Å². The Morgan fingerprint density at radius 3 is 3.00 bits per heavy atom. The second kappa shape index (κ2) is 3.81. The first-order valence-corrected chi connectivity index (χ1v) is 3.73. The van der Waals surface area contributed by atoms with Crippen LogP contribution in [-0.2, 0) is 0 Å². The van der Waals surface area contributed by atoms with Gasteiger partial charge in [-0.1, -0.05) is 11.7 Å².